The van der Waals surface area contributed by atoms with E-state index < -0.39 is 0 Å². The first-order valence-electron chi connectivity index (χ1n) is 4.84. The predicted molar refractivity (Wildman–Crippen MR) is 55.0 cm³/mol. The van der Waals surface area contributed by atoms with Crippen molar-refractivity contribution in [3.05, 3.63) is 34.9 Å². The third-order valence-corrected chi connectivity index (χ3v) is 2.79. The zero-order valence-corrected chi connectivity index (χ0v) is 7.99. The number of carbonyl (C=O) groups is 1. The maximum Gasteiger partial charge on any atom is 0.248 e. The van der Waals surface area contributed by atoms with Gasteiger partial charge in [-0.05, 0) is 36.5 Å². The summed E-state index contributed by atoms with van der Waals surface area (Å²) in [5.74, 6) is -0.351. The van der Waals surface area contributed by atoms with Gasteiger partial charge in [-0.25, -0.2) is 0 Å². The van der Waals surface area contributed by atoms with Crippen LogP contribution in [0.1, 0.15) is 27.9 Å². The standard InChI is InChI=1S/C11H14N2O/c12-8-5-4-7-2-1-3-9(11(13)14)10(7)6-8/h1-3,8H,4-6,12H2,(H2,13,14). The molecule has 1 atom stereocenters. The zero-order chi connectivity index (χ0) is 10.1. The summed E-state index contributed by atoms with van der Waals surface area (Å²) in [6.45, 7) is 0. The summed E-state index contributed by atoms with van der Waals surface area (Å²) in [7, 11) is 0. The van der Waals surface area contributed by atoms with Crippen molar-refractivity contribution in [1.82, 2.24) is 0 Å². The molecule has 0 fully saturated rings. The van der Waals surface area contributed by atoms with Gasteiger partial charge in [0, 0.05) is 11.6 Å². The lowest BCUT2D eigenvalue weighted by atomic mass is 9.85. The van der Waals surface area contributed by atoms with Crippen molar-refractivity contribution in [1.29, 1.82) is 0 Å². The van der Waals surface area contributed by atoms with E-state index in [2.05, 4.69) is 0 Å². The monoisotopic (exact) mass is 190 g/mol. The van der Waals surface area contributed by atoms with E-state index in [1.165, 1.54) is 5.56 Å². The third kappa shape index (κ3) is 1.51. The van der Waals surface area contributed by atoms with Crippen molar-refractivity contribution in [2.45, 2.75) is 25.3 Å². The lowest BCUT2D eigenvalue weighted by molar-refractivity contribution is 0.0999. The van der Waals surface area contributed by atoms with Crippen LogP contribution >= 0.6 is 0 Å². The van der Waals surface area contributed by atoms with Gasteiger partial charge in [-0.1, -0.05) is 12.1 Å². The number of benzene rings is 1. The molecule has 0 radical (unpaired) electrons. The van der Waals surface area contributed by atoms with E-state index in [0.29, 0.717) is 5.56 Å². The van der Waals surface area contributed by atoms with E-state index in [-0.39, 0.29) is 11.9 Å². The van der Waals surface area contributed by atoms with Gasteiger partial charge in [0.2, 0.25) is 5.91 Å². The summed E-state index contributed by atoms with van der Waals surface area (Å²) in [5.41, 5.74) is 14.1. The fourth-order valence-electron chi connectivity index (χ4n) is 2.05. The van der Waals surface area contributed by atoms with Gasteiger partial charge < -0.3 is 11.5 Å². The molecule has 2 rings (SSSR count). The Kier molecular flexibility index (Phi) is 2.25. The van der Waals surface area contributed by atoms with Crippen LogP contribution in [0.25, 0.3) is 0 Å². The Balaban J connectivity index is 2.48. The number of hydrogen-bond acceptors (Lipinski definition) is 2. The lowest BCUT2D eigenvalue weighted by Crippen LogP contribution is -2.30. The van der Waals surface area contributed by atoms with Crippen molar-refractivity contribution in [3.8, 4) is 0 Å². The Morgan fingerprint density at radius 2 is 2.21 bits per heavy atom. The summed E-state index contributed by atoms with van der Waals surface area (Å²) in [6.07, 6.45) is 2.72. The van der Waals surface area contributed by atoms with Crippen molar-refractivity contribution in [3.63, 3.8) is 0 Å². The lowest BCUT2D eigenvalue weighted by Gasteiger charge is -2.22. The third-order valence-electron chi connectivity index (χ3n) is 2.79. The van der Waals surface area contributed by atoms with Gasteiger partial charge in [0.1, 0.15) is 0 Å². The molecule has 1 amide bonds. The van der Waals surface area contributed by atoms with Crippen LogP contribution in [0, 0.1) is 0 Å². The molecule has 14 heavy (non-hydrogen) atoms. The molecule has 0 bridgehead atoms. The molecule has 0 aromatic heterocycles. The number of rotatable bonds is 1. The quantitative estimate of drug-likeness (QED) is 0.681. The van der Waals surface area contributed by atoms with Gasteiger partial charge in [-0.3, -0.25) is 4.79 Å². The second-order valence-corrected chi connectivity index (χ2v) is 3.81. The molecule has 1 aromatic carbocycles. The van der Waals surface area contributed by atoms with Crippen molar-refractivity contribution < 1.29 is 4.79 Å². The minimum atomic E-state index is -0.351. The molecule has 1 aromatic rings. The fraction of sp³-hybridized carbons (Fsp3) is 0.364. The summed E-state index contributed by atoms with van der Waals surface area (Å²) in [6, 6.07) is 5.88. The van der Waals surface area contributed by atoms with Crippen molar-refractivity contribution >= 4 is 5.91 Å². The molecule has 4 N–H and O–H groups in total. The van der Waals surface area contributed by atoms with Crippen LogP contribution in [0.5, 0.6) is 0 Å². The van der Waals surface area contributed by atoms with Gasteiger partial charge in [0.25, 0.3) is 0 Å². The summed E-state index contributed by atoms with van der Waals surface area (Å²) < 4.78 is 0. The van der Waals surface area contributed by atoms with E-state index in [4.69, 9.17) is 11.5 Å². The normalized spacial score (nSPS) is 20.2. The molecule has 3 nitrogen and oxygen atoms in total. The smallest absolute Gasteiger partial charge is 0.248 e. The average molecular weight is 190 g/mol. The van der Waals surface area contributed by atoms with E-state index in [9.17, 15) is 4.79 Å². The minimum Gasteiger partial charge on any atom is -0.366 e. The Morgan fingerprint density at radius 3 is 2.93 bits per heavy atom. The SMILES string of the molecule is NC(=O)c1cccc2c1CC(N)CC2. The van der Waals surface area contributed by atoms with Crippen LogP contribution in [0.3, 0.4) is 0 Å². The molecule has 74 valence electrons. The second kappa shape index (κ2) is 3.42. The van der Waals surface area contributed by atoms with Gasteiger partial charge in [0.05, 0.1) is 0 Å². The van der Waals surface area contributed by atoms with Crippen LogP contribution in [0.15, 0.2) is 18.2 Å². The Bertz CT molecular complexity index is 374. The zero-order valence-electron chi connectivity index (χ0n) is 7.99. The highest BCUT2D eigenvalue weighted by molar-refractivity contribution is 5.94. The number of hydrogen-bond donors (Lipinski definition) is 2. The number of nitrogens with two attached hydrogens (primary N) is 2. The van der Waals surface area contributed by atoms with Gasteiger partial charge in [0.15, 0.2) is 0 Å². The first-order chi connectivity index (χ1) is 6.68. The highest BCUT2D eigenvalue weighted by Gasteiger charge is 2.19. The summed E-state index contributed by atoms with van der Waals surface area (Å²) >= 11 is 0. The first kappa shape index (κ1) is 9.21. The molecular formula is C11H14N2O. The Hall–Kier alpha value is -1.35. The second-order valence-electron chi connectivity index (χ2n) is 3.81. The van der Waals surface area contributed by atoms with Crippen LogP contribution in [0.2, 0.25) is 0 Å². The average Bonchev–Trinajstić information content (AvgIpc) is 2.16. The summed E-state index contributed by atoms with van der Waals surface area (Å²) in [5, 5.41) is 0. The van der Waals surface area contributed by atoms with Crippen molar-refractivity contribution in [2.24, 2.45) is 11.5 Å². The molecule has 1 aliphatic carbocycles. The maximum atomic E-state index is 11.2. The van der Waals surface area contributed by atoms with Crippen molar-refractivity contribution in [2.75, 3.05) is 0 Å². The van der Waals surface area contributed by atoms with Gasteiger partial charge in [-0.15, -0.1) is 0 Å². The molecular weight excluding hydrogens is 176 g/mol. The van der Waals surface area contributed by atoms with E-state index in [1.807, 2.05) is 12.1 Å². The molecule has 0 saturated carbocycles. The highest BCUT2D eigenvalue weighted by atomic mass is 16.1. The first-order valence-corrected chi connectivity index (χ1v) is 4.84. The van der Waals surface area contributed by atoms with Crippen LogP contribution < -0.4 is 11.5 Å². The molecule has 0 spiro atoms. The Labute approximate surface area is 83.1 Å². The number of aryl methyl sites for hydroxylation is 1. The van der Waals surface area contributed by atoms with Gasteiger partial charge in [-0.2, -0.15) is 0 Å². The highest BCUT2D eigenvalue weighted by Crippen LogP contribution is 2.23. The van der Waals surface area contributed by atoms with Crippen LogP contribution in [-0.4, -0.2) is 11.9 Å². The molecule has 3 heteroatoms. The topological polar surface area (TPSA) is 69.1 Å². The number of primary amides is 1. The number of carbonyl (C=O) groups excluding carboxylic acids is 1. The largest absolute Gasteiger partial charge is 0.366 e. The molecule has 0 aliphatic heterocycles. The van der Waals surface area contributed by atoms with Crippen LogP contribution in [0.4, 0.5) is 0 Å². The minimum absolute atomic E-state index is 0.169. The predicted octanol–water partition coefficient (Wildman–Crippen LogP) is 0.601. The molecule has 0 heterocycles. The maximum absolute atomic E-state index is 11.2. The number of amides is 1. The number of fused-ring (bicyclic) bond motifs is 1. The van der Waals surface area contributed by atoms with E-state index in [1.54, 1.807) is 6.07 Å². The van der Waals surface area contributed by atoms with E-state index >= 15 is 0 Å². The molecule has 0 saturated heterocycles. The van der Waals surface area contributed by atoms with E-state index in [0.717, 1.165) is 24.8 Å². The van der Waals surface area contributed by atoms with Crippen LogP contribution in [-0.2, 0) is 12.8 Å². The molecule has 1 aliphatic rings. The fourth-order valence-corrected chi connectivity index (χ4v) is 2.05. The van der Waals surface area contributed by atoms with Gasteiger partial charge >= 0.3 is 0 Å². The molecule has 1 unspecified atom stereocenters. The summed E-state index contributed by atoms with van der Waals surface area (Å²) in [4.78, 5) is 11.2. The Morgan fingerprint density at radius 1 is 1.43 bits per heavy atom.